The predicted molar refractivity (Wildman–Crippen MR) is 103 cm³/mol. The number of rotatable bonds is 4. The number of hydrogen-bond acceptors (Lipinski definition) is 7. The maximum Gasteiger partial charge on any atom is 0.238 e. The molecule has 2 aromatic heterocycles. The fourth-order valence-electron chi connectivity index (χ4n) is 2.73. The number of aromatic nitrogens is 4. The molecule has 0 aliphatic rings. The molecule has 0 radical (unpaired) electrons. The molecule has 27 heavy (non-hydrogen) atoms. The molecule has 2 heterocycles. The standard InChI is InChI=1S/C17H15N7O2S/c18-12-4-5-14-16(22-9-21-14)15(12)13-6-7-20-17(24-13)23-10-2-1-3-11(8-10)27(19,25)26/h1-9H,18H2,(H,21,22)(H2,19,25,26)(H,20,23,24). The van der Waals surface area contributed by atoms with Crippen LogP contribution in [0.15, 0.2) is 59.9 Å². The van der Waals surface area contributed by atoms with Crippen molar-refractivity contribution in [2.75, 3.05) is 11.1 Å². The van der Waals surface area contributed by atoms with Gasteiger partial charge >= 0.3 is 0 Å². The van der Waals surface area contributed by atoms with Crippen LogP contribution in [0.5, 0.6) is 0 Å². The maximum atomic E-state index is 11.5. The first-order valence-corrected chi connectivity index (χ1v) is 9.41. The molecule has 4 rings (SSSR count). The number of imidazole rings is 1. The van der Waals surface area contributed by atoms with Crippen molar-refractivity contribution in [3.05, 3.63) is 55.0 Å². The van der Waals surface area contributed by atoms with Crippen LogP contribution < -0.4 is 16.2 Å². The summed E-state index contributed by atoms with van der Waals surface area (Å²) in [5.74, 6) is 0.283. The van der Waals surface area contributed by atoms with E-state index in [1.54, 1.807) is 36.8 Å². The van der Waals surface area contributed by atoms with E-state index in [2.05, 4.69) is 25.3 Å². The summed E-state index contributed by atoms with van der Waals surface area (Å²) in [6.07, 6.45) is 3.17. The largest absolute Gasteiger partial charge is 0.398 e. The Bertz CT molecular complexity index is 1250. The van der Waals surface area contributed by atoms with E-state index in [9.17, 15) is 8.42 Å². The van der Waals surface area contributed by atoms with Gasteiger partial charge in [-0.3, -0.25) is 0 Å². The van der Waals surface area contributed by atoms with Crippen molar-refractivity contribution < 1.29 is 8.42 Å². The molecular weight excluding hydrogens is 366 g/mol. The van der Waals surface area contributed by atoms with Crippen LogP contribution >= 0.6 is 0 Å². The number of sulfonamides is 1. The number of H-pyrrole nitrogens is 1. The van der Waals surface area contributed by atoms with Crippen LogP contribution in [0.25, 0.3) is 22.3 Å². The number of hydrogen-bond donors (Lipinski definition) is 4. The molecule has 9 nitrogen and oxygen atoms in total. The number of anilines is 3. The summed E-state index contributed by atoms with van der Waals surface area (Å²) in [6.45, 7) is 0. The SMILES string of the molecule is Nc1ccc2[nH]cnc2c1-c1ccnc(Nc2cccc(S(N)(=O)=O)c2)n1. The molecule has 2 aromatic carbocycles. The molecule has 6 N–H and O–H groups in total. The highest BCUT2D eigenvalue weighted by Crippen LogP contribution is 2.31. The highest BCUT2D eigenvalue weighted by molar-refractivity contribution is 7.89. The molecule has 10 heteroatoms. The van der Waals surface area contributed by atoms with E-state index in [1.807, 2.05) is 6.07 Å². The zero-order valence-electron chi connectivity index (χ0n) is 13.9. The van der Waals surface area contributed by atoms with Gasteiger partial charge in [0, 0.05) is 17.6 Å². The van der Waals surface area contributed by atoms with Crippen molar-refractivity contribution in [3.8, 4) is 11.3 Å². The summed E-state index contributed by atoms with van der Waals surface area (Å²) in [5, 5.41) is 8.14. The molecule has 0 amide bonds. The smallest absolute Gasteiger partial charge is 0.238 e. The Balaban J connectivity index is 1.74. The number of nitrogen functional groups attached to an aromatic ring is 1. The first kappa shape index (κ1) is 16.9. The van der Waals surface area contributed by atoms with E-state index in [4.69, 9.17) is 10.9 Å². The van der Waals surface area contributed by atoms with Gasteiger partial charge < -0.3 is 16.0 Å². The van der Waals surface area contributed by atoms with Crippen molar-refractivity contribution in [2.45, 2.75) is 4.90 Å². The van der Waals surface area contributed by atoms with E-state index in [0.717, 1.165) is 5.52 Å². The minimum atomic E-state index is -3.80. The topological polar surface area (TPSA) is 153 Å². The number of benzene rings is 2. The third-order valence-electron chi connectivity index (χ3n) is 3.95. The Labute approximate surface area is 154 Å². The monoisotopic (exact) mass is 381 g/mol. The van der Waals surface area contributed by atoms with Gasteiger partial charge in [-0.1, -0.05) is 6.07 Å². The maximum absolute atomic E-state index is 11.5. The number of aromatic amines is 1. The second-order valence-corrected chi connectivity index (χ2v) is 7.35. The molecule has 0 spiro atoms. The number of primary sulfonamides is 1. The summed E-state index contributed by atoms with van der Waals surface area (Å²) in [7, 11) is -3.80. The second-order valence-electron chi connectivity index (χ2n) is 5.79. The van der Waals surface area contributed by atoms with Gasteiger partial charge in [0.1, 0.15) is 0 Å². The lowest BCUT2D eigenvalue weighted by molar-refractivity contribution is 0.598. The van der Waals surface area contributed by atoms with E-state index in [-0.39, 0.29) is 10.8 Å². The minimum absolute atomic E-state index is 0.00538. The van der Waals surface area contributed by atoms with Gasteiger partial charge in [-0.15, -0.1) is 0 Å². The average molecular weight is 381 g/mol. The number of nitrogens with one attached hydrogen (secondary N) is 2. The third kappa shape index (κ3) is 3.30. The number of nitrogens with two attached hydrogens (primary N) is 2. The zero-order valence-corrected chi connectivity index (χ0v) is 14.7. The Morgan fingerprint density at radius 2 is 1.93 bits per heavy atom. The Morgan fingerprint density at radius 1 is 1.07 bits per heavy atom. The molecule has 0 aliphatic carbocycles. The summed E-state index contributed by atoms with van der Waals surface area (Å²) in [6, 6.07) is 11.4. The molecule has 0 atom stereocenters. The van der Waals surface area contributed by atoms with Crippen molar-refractivity contribution in [1.82, 2.24) is 19.9 Å². The van der Waals surface area contributed by atoms with E-state index < -0.39 is 10.0 Å². The van der Waals surface area contributed by atoms with Gasteiger partial charge in [-0.2, -0.15) is 0 Å². The van der Waals surface area contributed by atoms with Gasteiger partial charge in [-0.05, 0) is 36.4 Å². The second kappa shape index (κ2) is 6.34. The molecule has 0 aliphatic heterocycles. The number of fused-ring (bicyclic) bond motifs is 1. The molecule has 0 saturated heterocycles. The lowest BCUT2D eigenvalue weighted by Crippen LogP contribution is -2.12. The summed E-state index contributed by atoms with van der Waals surface area (Å²) < 4.78 is 23.0. The fraction of sp³-hybridized carbons (Fsp3) is 0. The highest BCUT2D eigenvalue weighted by atomic mass is 32.2. The van der Waals surface area contributed by atoms with Crippen molar-refractivity contribution in [3.63, 3.8) is 0 Å². The lowest BCUT2D eigenvalue weighted by Gasteiger charge is -2.09. The van der Waals surface area contributed by atoms with Crippen molar-refractivity contribution in [1.29, 1.82) is 0 Å². The van der Waals surface area contributed by atoms with Crippen LogP contribution in [0.1, 0.15) is 0 Å². The zero-order chi connectivity index (χ0) is 19.0. The molecule has 0 fully saturated rings. The lowest BCUT2D eigenvalue weighted by atomic mass is 10.1. The van der Waals surface area contributed by atoms with Crippen LogP contribution in [-0.2, 0) is 10.0 Å². The van der Waals surface area contributed by atoms with Gasteiger partial charge in [0.25, 0.3) is 0 Å². The molecular formula is C17H15N7O2S. The van der Waals surface area contributed by atoms with Gasteiger partial charge in [0.2, 0.25) is 16.0 Å². The van der Waals surface area contributed by atoms with Gasteiger partial charge in [0.15, 0.2) is 0 Å². The summed E-state index contributed by atoms with van der Waals surface area (Å²) >= 11 is 0. The molecule has 136 valence electrons. The Kier molecular flexibility index (Phi) is 3.98. The molecule has 0 bridgehead atoms. The van der Waals surface area contributed by atoms with Crippen LogP contribution in [-0.4, -0.2) is 28.4 Å². The van der Waals surface area contributed by atoms with Crippen LogP contribution in [0.3, 0.4) is 0 Å². The Morgan fingerprint density at radius 3 is 2.74 bits per heavy atom. The third-order valence-corrected chi connectivity index (χ3v) is 4.87. The van der Waals surface area contributed by atoms with E-state index in [1.165, 1.54) is 12.1 Å². The molecule has 4 aromatic rings. The fourth-order valence-corrected chi connectivity index (χ4v) is 3.29. The first-order chi connectivity index (χ1) is 12.9. The minimum Gasteiger partial charge on any atom is -0.398 e. The van der Waals surface area contributed by atoms with Gasteiger partial charge in [-0.25, -0.2) is 28.5 Å². The number of nitrogens with zero attached hydrogens (tertiary/aromatic N) is 3. The van der Waals surface area contributed by atoms with Crippen molar-refractivity contribution in [2.24, 2.45) is 5.14 Å². The van der Waals surface area contributed by atoms with Crippen LogP contribution in [0.2, 0.25) is 0 Å². The van der Waals surface area contributed by atoms with Crippen LogP contribution in [0.4, 0.5) is 17.3 Å². The molecule has 0 unspecified atom stereocenters. The van der Waals surface area contributed by atoms with Gasteiger partial charge in [0.05, 0.1) is 33.5 Å². The predicted octanol–water partition coefficient (Wildman–Crippen LogP) is 1.99. The van der Waals surface area contributed by atoms with Crippen molar-refractivity contribution >= 4 is 38.4 Å². The summed E-state index contributed by atoms with van der Waals surface area (Å²) in [4.78, 5) is 16.0. The Hall–Kier alpha value is -3.50. The molecule has 0 saturated carbocycles. The van der Waals surface area contributed by atoms with E-state index in [0.29, 0.717) is 28.1 Å². The highest BCUT2D eigenvalue weighted by Gasteiger charge is 2.13. The first-order valence-electron chi connectivity index (χ1n) is 7.87. The van der Waals surface area contributed by atoms with E-state index >= 15 is 0 Å². The summed E-state index contributed by atoms with van der Waals surface area (Å²) in [5.41, 5.74) is 9.99. The normalized spacial score (nSPS) is 11.6. The average Bonchev–Trinajstić information content (AvgIpc) is 3.10. The van der Waals surface area contributed by atoms with Crippen LogP contribution in [0, 0.1) is 0 Å². The quantitative estimate of drug-likeness (QED) is 0.394.